The van der Waals surface area contributed by atoms with Crippen molar-refractivity contribution in [1.29, 1.82) is 0 Å². The molecule has 0 unspecified atom stereocenters. The summed E-state index contributed by atoms with van der Waals surface area (Å²) in [4.78, 5) is 24.3. The number of unbranched alkanes of at least 4 members (excludes halogenated alkanes) is 10. The number of carbonyl (C=O) groups is 2. The molecule has 2 heterocycles. The van der Waals surface area contributed by atoms with Gasteiger partial charge < -0.3 is 18.3 Å². The highest BCUT2D eigenvalue weighted by atomic mass is 127. The predicted octanol–water partition coefficient (Wildman–Crippen LogP) is 4.04. The van der Waals surface area contributed by atoms with Gasteiger partial charge in [-0.1, -0.05) is 78.1 Å². The van der Waals surface area contributed by atoms with E-state index in [2.05, 4.69) is 13.8 Å². The number of esters is 2. The van der Waals surface area contributed by atoms with Gasteiger partial charge in [0.25, 0.3) is 0 Å². The van der Waals surface area contributed by atoms with Gasteiger partial charge in [-0.25, -0.2) is 9.59 Å². The van der Waals surface area contributed by atoms with Crippen molar-refractivity contribution in [1.82, 2.24) is 0 Å². The zero-order valence-corrected chi connectivity index (χ0v) is 22.2. The second kappa shape index (κ2) is 16.8. The monoisotopic (exact) mass is 573 g/mol. The minimum atomic E-state index is -0.781. The second-order valence-electron chi connectivity index (χ2n) is 8.11. The molecule has 0 saturated heterocycles. The predicted molar refractivity (Wildman–Crippen MR) is 122 cm³/mol. The molecular weight excluding hydrogens is 535 g/mol. The van der Waals surface area contributed by atoms with Gasteiger partial charge in [0.2, 0.25) is 11.5 Å². The molecule has 2 aromatic heterocycles. The average molecular weight is 573 g/mol. The lowest BCUT2D eigenvalue weighted by atomic mass is 10.1. The van der Waals surface area contributed by atoms with Crippen molar-refractivity contribution in [2.45, 2.75) is 90.9 Å². The van der Waals surface area contributed by atoms with E-state index in [1.807, 2.05) is 0 Å². The fourth-order valence-corrected chi connectivity index (χ4v) is 5.22. The summed E-state index contributed by atoms with van der Waals surface area (Å²) in [6.07, 6.45) is 13.7. The Morgan fingerprint density at radius 1 is 0.636 bits per heavy atom. The first-order valence-corrected chi connectivity index (χ1v) is 14.5. The fraction of sp³-hybridized carbons (Fsp3) is 0.615. The maximum atomic E-state index is 12.1. The first kappa shape index (κ1) is 27.5. The standard InChI is InChI=1S/C26H38IO6/c1-3-5-7-9-11-13-19-30-25(28)21-15-17-23(32-21)27-24-18-16-22(33-24)26(29)31-20-14-12-10-8-6-4-2/h15-18H,3-14,19-20H2,1-2H3/q+1. The first-order chi connectivity index (χ1) is 16.1. The van der Waals surface area contributed by atoms with E-state index in [9.17, 15) is 9.59 Å². The van der Waals surface area contributed by atoms with Gasteiger partial charge in [0.15, 0.2) is 0 Å². The van der Waals surface area contributed by atoms with Crippen molar-refractivity contribution < 1.29 is 49.1 Å². The number of hydrogen-bond donors (Lipinski definition) is 0. The third kappa shape index (κ3) is 11.3. The van der Waals surface area contributed by atoms with Crippen molar-refractivity contribution in [2.24, 2.45) is 0 Å². The van der Waals surface area contributed by atoms with Crippen LogP contribution in [0.1, 0.15) is 112 Å². The van der Waals surface area contributed by atoms with E-state index < -0.39 is 33.1 Å². The van der Waals surface area contributed by atoms with Gasteiger partial charge in [-0.05, 0) is 25.0 Å². The largest absolute Gasteiger partial charge is 0.460 e. The number of furan rings is 2. The summed E-state index contributed by atoms with van der Waals surface area (Å²) >= 11 is -0.781. The summed E-state index contributed by atoms with van der Waals surface area (Å²) in [5.74, 6) is -0.448. The molecule has 33 heavy (non-hydrogen) atoms. The molecule has 0 amide bonds. The van der Waals surface area contributed by atoms with E-state index in [0.717, 1.165) is 25.7 Å². The van der Waals surface area contributed by atoms with Crippen LogP contribution in [0.25, 0.3) is 0 Å². The lowest BCUT2D eigenvalue weighted by Crippen LogP contribution is -3.61. The van der Waals surface area contributed by atoms with Gasteiger partial charge in [0.05, 0.1) is 13.2 Å². The Kier molecular flexibility index (Phi) is 14.0. The Hall–Kier alpha value is -1.77. The summed E-state index contributed by atoms with van der Waals surface area (Å²) in [6, 6.07) is 6.82. The summed E-state index contributed by atoms with van der Waals surface area (Å²) in [7, 11) is 0. The van der Waals surface area contributed by atoms with Gasteiger partial charge in [0.1, 0.15) is 0 Å². The highest BCUT2D eigenvalue weighted by molar-refractivity contribution is 5.86. The van der Waals surface area contributed by atoms with Gasteiger partial charge in [-0.3, -0.25) is 0 Å². The van der Waals surface area contributed by atoms with E-state index in [1.54, 1.807) is 24.3 Å². The highest BCUT2D eigenvalue weighted by Gasteiger charge is 2.28. The van der Waals surface area contributed by atoms with Crippen molar-refractivity contribution in [3.63, 3.8) is 0 Å². The third-order valence-electron chi connectivity index (χ3n) is 5.20. The van der Waals surface area contributed by atoms with Crippen LogP contribution < -0.4 is 21.2 Å². The summed E-state index contributed by atoms with van der Waals surface area (Å²) in [5.41, 5.74) is 0. The van der Waals surface area contributed by atoms with Crippen LogP contribution in [-0.2, 0) is 9.47 Å². The SMILES string of the molecule is CCCCCCCCOC(=O)c1ccc([I+]c2ccc(C(=O)OCCCCCCCC)o2)o1. The topological polar surface area (TPSA) is 78.9 Å². The maximum Gasteiger partial charge on any atom is 0.443 e. The highest BCUT2D eigenvalue weighted by Crippen LogP contribution is 2.09. The Morgan fingerprint density at radius 2 is 1.03 bits per heavy atom. The molecule has 2 rings (SSSR count). The van der Waals surface area contributed by atoms with Gasteiger partial charge >= 0.3 is 40.7 Å². The number of rotatable bonds is 18. The Bertz CT molecular complexity index is 743. The Morgan fingerprint density at radius 3 is 1.45 bits per heavy atom. The maximum absolute atomic E-state index is 12.1. The lowest BCUT2D eigenvalue weighted by Gasteiger charge is -2.02. The second-order valence-corrected chi connectivity index (χ2v) is 10.8. The molecule has 0 aliphatic heterocycles. The van der Waals surface area contributed by atoms with E-state index >= 15 is 0 Å². The molecule has 2 aromatic rings. The fourth-order valence-electron chi connectivity index (χ4n) is 3.28. The van der Waals surface area contributed by atoms with E-state index in [0.29, 0.717) is 20.7 Å². The molecule has 7 heteroatoms. The molecule has 0 aliphatic rings. The van der Waals surface area contributed by atoms with Crippen LogP contribution in [0.15, 0.2) is 33.1 Å². The third-order valence-corrected chi connectivity index (χ3v) is 7.42. The van der Waals surface area contributed by atoms with Crippen LogP contribution in [-0.4, -0.2) is 25.2 Å². The molecule has 184 valence electrons. The molecule has 0 bridgehead atoms. The van der Waals surface area contributed by atoms with E-state index in [-0.39, 0.29) is 11.5 Å². The molecule has 6 nitrogen and oxygen atoms in total. The lowest BCUT2D eigenvalue weighted by molar-refractivity contribution is -0.636. The zero-order chi connectivity index (χ0) is 23.7. The summed E-state index contributed by atoms with van der Waals surface area (Å²) in [5, 5.41) is 0. The smallest absolute Gasteiger partial charge is 0.443 e. The number of halogens is 1. The Balaban J connectivity index is 1.67. The summed E-state index contributed by atoms with van der Waals surface area (Å²) in [6.45, 7) is 5.22. The van der Waals surface area contributed by atoms with Crippen molar-refractivity contribution in [3.05, 3.63) is 43.3 Å². The van der Waals surface area contributed by atoms with Crippen LogP contribution in [0.2, 0.25) is 0 Å². The molecule has 0 spiro atoms. The molecule has 0 radical (unpaired) electrons. The average Bonchev–Trinajstić information content (AvgIpc) is 3.48. The number of ether oxygens (including phenoxy) is 2. The van der Waals surface area contributed by atoms with Crippen molar-refractivity contribution >= 4 is 11.9 Å². The number of carbonyl (C=O) groups excluding carboxylic acids is 2. The summed E-state index contributed by atoms with van der Waals surface area (Å²) < 4.78 is 23.3. The first-order valence-electron chi connectivity index (χ1n) is 12.3. The minimum absolute atomic E-state index is 0.209. The molecular formula is C26H38IO6+. The molecule has 0 aromatic carbocycles. The molecule has 0 atom stereocenters. The molecule has 0 aliphatic carbocycles. The van der Waals surface area contributed by atoms with Crippen molar-refractivity contribution in [2.75, 3.05) is 13.2 Å². The number of hydrogen-bond acceptors (Lipinski definition) is 6. The van der Waals surface area contributed by atoms with Gasteiger partial charge in [-0.2, -0.15) is 0 Å². The molecule has 0 saturated carbocycles. The normalized spacial score (nSPS) is 11.0. The van der Waals surface area contributed by atoms with E-state index in [1.165, 1.54) is 51.4 Å². The van der Waals surface area contributed by atoms with E-state index in [4.69, 9.17) is 18.3 Å². The van der Waals surface area contributed by atoms with Gasteiger partial charge in [-0.15, -0.1) is 0 Å². The quantitative estimate of drug-likeness (QED) is 0.152. The van der Waals surface area contributed by atoms with Crippen LogP contribution >= 0.6 is 0 Å². The van der Waals surface area contributed by atoms with Crippen LogP contribution in [0.3, 0.4) is 0 Å². The van der Waals surface area contributed by atoms with Crippen LogP contribution in [0.5, 0.6) is 0 Å². The van der Waals surface area contributed by atoms with Gasteiger partial charge in [0, 0.05) is 12.1 Å². The minimum Gasteiger partial charge on any atom is -0.460 e. The Labute approximate surface area is 208 Å². The van der Waals surface area contributed by atoms with Crippen LogP contribution in [0, 0.1) is 7.53 Å². The zero-order valence-electron chi connectivity index (χ0n) is 20.0. The molecule has 0 N–H and O–H groups in total. The van der Waals surface area contributed by atoms with Crippen molar-refractivity contribution in [3.8, 4) is 0 Å². The molecule has 0 fully saturated rings. The van der Waals surface area contributed by atoms with Crippen LogP contribution in [0.4, 0.5) is 0 Å².